The first-order valence-corrected chi connectivity index (χ1v) is 3.82. The van der Waals surface area contributed by atoms with Crippen LogP contribution in [0, 0.1) is 0 Å². The lowest BCUT2D eigenvalue weighted by molar-refractivity contribution is 0.718. The summed E-state index contributed by atoms with van der Waals surface area (Å²) in [5.74, 6) is 0. The Morgan fingerprint density at radius 2 is 1.40 bits per heavy atom. The molecule has 0 aromatic carbocycles. The van der Waals surface area contributed by atoms with Crippen molar-refractivity contribution in [2.75, 3.05) is 33.7 Å². The van der Waals surface area contributed by atoms with Gasteiger partial charge in [-0.05, 0) is 27.1 Å². The minimum absolute atomic E-state index is 0.819. The lowest BCUT2D eigenvalue weighted by atomic mass is 10.5. The average Bonchev–Trinajstić information content (AvgIpc) is 2.01. The quantitative estimate of drug-likeness (QED) is 0.482. The highest BCUT2D eigenvalue weighted by Crippen LogP contribution is 1.57. The van der Waals surface area contributed by atoms with Gasteiger partial charge in [-0.1, -0.05) is 6.92 Å². The van der Waals surface area contributed by atoms with Gasteiger partial charge < -0.3 is 16.4 Å². The van der Waals surface area contributed by atoms with Crippen molar-refractivity contribution < 1.29 is 0 Å². The van der Waals surface area contributed by atoms with E-state index in [1.165, 1.54) is 0 Å². The van der Waals surface area contributed by atoms with Gasteiger partial charge in [-0.15, -0.1) is 0 Å². The van der Waals surface area contributed by atoms with Gasteiger partial charge in [-0.3, -0.25) is 0 Å². The van der Waals surface area contributed by atoms with Crippen LogP contribution in [0.15, 0.2) is 0 Å². The Morgan fingerprint density at radius 1 is 1.10 bits per heavy atom. The van der Waals surface area contributed by atoms with Gasteiger partial charge in [0.1, 0.15) is 0 Å². The zero-order chi connectivity index (χ0) is 8.24. The molecule has 0 saturated carbocycles. The number of nitrogens with one attached hydrogen (secondary N) is 2. The molecule has 0 aromatic rings. The molecule has 3 heteroatoms. The number of hydrogen-bond donors (Lipinski definition) is 3. The van der Waals surface area contributed by atoms with Crippen LogP contribution in [0.3, 0.4) is 0 Å². The molecule has 0 fully saturated rings. The van der Waals surface area contributed by atoms with Gasteiger partial charge in [-0.25, -0.2) is 0 Å². The second-order valence-corrected chi connectivity index (χ2v) is 2.00. The Labute approximate surface area is 64.4 Å². The molecule has 64 valence electrons. The van der Waals surface area contributed by atoms with E-state index >= 15 is 0 Å². The van der Waals surface area contributed by atoms with E-state index in [9.17, 15) is 0 Å². The molecule has 0 atom stereocenters. The third kappa shape index (κ3) is 24.8. The van der Waals surface area contributed by atoms with E-state index in [-0.39, 0.29) is 0 Å². The van der Waals surface area contributed by atoms with Crippen molar-refractivity contribution in [3.63, 3.8) is 0 Å². The van der Waals surface area contributed by atoms with Crippen LogP contribution in [0.2, 0.25) is 0 Å². The summed E-state index contributed by atoms with van der Waals surface area (Å²) in [4.78, 5) is 0. The minimum Gasteiger partial charge on any atom is -0.330 e. The van der Waals surface area contributed by atoms with Gasteiger partial charge in [0.15, 0.2) is 0 Å². The number of likely N-dealkylation sites (N-methyl/N-ethyl adjacent to an activating group) is 2. The summed E-state index contributed by atoms with van der Waals surface area (Å²) in [7, 11) is 3.88. The predicted octanol–water partition coefficient (Wildman–Crippen LogP) is -0.220. The van der Waals surface area contributed by atoms with Crippen LogP contribution >= 0.6 is 0 Å². The highest BCUT2D eigenvalue weighted by Gasteiger charge is 1.70. The molecule has 0 unspecified atom stereocenters. The van der Waals surface area contributed by atoms with Gasteiger partial charge in [-0.2, -0.15) is 0 Å². The van der Waals surface area contributed by atoms with Crippen molar-refractivity contribution in [2.24, 2.45) is 5.73 Å². The van der Waals surface area contributed by atoms with Crippen LogP contribution in [0.5, 0.6) is 0 Å². The van der Waals surface area contributed by atoms with Crippen LogP contribution < -0.4 is 16.4 Å². The van der Waals surface area contributed by atoms with Crippen molar-refractivity contribution in [1.82, 2.24) is 10.6 Å². The van der Waals surface area contributed by atoms with Crippen LogP contribution in [0.1, 0.15) is 13.3 Å². The maximum Gasteiger partial charge on any atom is 0.00736 e. The fourth-order valence-corrected chi connectivity index (χ4v) is 0.250. The Morgan fingerprint density at radius 3 is 1.50 bits per heavy atom. The average molecular weight is 147 g/mol. The SMILES string of the molecule is CCCN.CNCCNC. The zero-order valence-electron chi connectivity index (χ0n) is 7.41. The second-order valence-electron chi connectivity index (χ2n) is 2.00. The molecule has 0 spiro atoms. The third-order valence-electron chi connectivity index (χ3n) is 0.914. The molecular formula is C7H21N3. The predicted molar refractivity (Wildman–Crippen MR) is 47.2 cm³/mol. The first-order valence-electron chi connectivity index (χ1n) is 3.82. The van der Waals surface area contributed by atoms with Gasteiger partial charge in [0, 0.05) is 13.1 Å². The second kappa shape index (κ2) is 15.9. The number of hydrogen-bond acceptors (Lipinski definition) is 3. The van der Waals surface area contributed by atoms with Crippen molar-refractivity contribution in [1.29, 1.82) is 0 Å². The number of nitrogens with two attached hydrogens (primary N) is 1. The molecule has 0 radical (unpaired) electrons. The van der Waals surface area contributed by atoms with Gasteiger partial charge in [0.2, 0.25) is 0 Å². The maximum absolute atomic E-state index is 5.03. The Bertz CT molecular complexity index is 33.8. The molecule has 4 N–H and O–H groups in total. The Balaban J connectivity index is 0. The highest BCUT2D eigenvalue weighted by atomic mass is 14.9. The largest absolute Gasteiger partial charge is 0.330 e. The van der Waals surface area contributed by atoms with Crippen LogP contribution in [0.4, 0.5) is 0 Å². The highest BCUT2D eigenvalue weighted by molar-refractivity contribution is 4.38. The van der Waals surface area contributed by atoms with E-state index in [0.717, 1.165) is 26.1 Å². The third-order valence-corrected chi connectivity index (χ3v) is 0.914. The molecule has 0 aliphatic heterocycles. The zero-order valence-corrected chi connectivity index (χ0v) is 7.41. The van der Waals surface area contributed by atoms with E-state index < -0.39 is 0 Å². The molecule has 0 aliphatic carbocycles. The summed E-state index contributed by atoms with van der Waals surface area (Å²) in [5.41, 5.74) is 5.03. The van der Waals surface area contributed by atoms with Crippen molar-refractivity contribution in [2.45, 2.75) is 13.3 Å². The molecule has 0 saturated heterocycles. The summed E-state index contributed by atoms with van der Waals surface area (Å²) >= 11 is 0. The van der Waals surface area contributed by atoms with E-state index in [1.54, 1.807) is 0 Å². The lowest BCUT2D eigenvalue weighted by Crippen LogP contribution is -2.21. The summed E-state index contributed by atoms with van der Waals surface area (Å²) in [6.07, 6.45) is 1.10. The fourth-order valence-electron chi connectivity index (χ4n) is 0.250. The molecule has 0 amide bonds. The monoisotopic (exact) mass is 147 g/mol. The summed E-state index contributed by atoms with van der Waals surface area (Å²) in [6.45, 7) is 4.98. The molecule has 10 heavy (non-hydrogen) atoms. The summed E-state index contributed by atoms with van der Waals surface area (Å²) in [6, 6.07) is 0. The number of rotatable bonds is 4. The smallest absolute Gasteiger partial charge is 0.00736 e. The van der Waals surface area contributed by atoms with Crippen LogP contribution in [0.25, 0.3) is 0 Å². The standard InChI is InChI=1S/C4H12N2.C3H9N/c1-5-3-4-6-2;1-2-3-4/h5-6H,3-4H2,1-2H3;2-4H2,1H3. The molecule has 0 heterocycles. The Kier molecular flexibility index (Phi) is 20.0. The molecule has 0 rings (SSSR count). The van der Waals surface area contributed by atoms with Gasteiger partial charge >= 0.3 is 0 Å². The first-order chi connectivity index (χ1) is 4.83. The molecule has 0 bridgehead atoms. The Hall–Kier alpha value is -0.120. The van der Waals surface area contributed by atoms with E-state index in [1.807, 2.05) is 14.1 Å². The van der Waals surface area contributed by atoms with Gasteiger partial charge in [0.25, 0.3) is 0 Å². The molecule has 0 aromatic heterocycles. The van der Waals surface area contributed by atoms with Crippen molar-refractivity contribution >= 4 is 0 Å². The summed E-state index contributed by atoms with van der Waals surface area (Å²) in [5, 5.41) is 6.01. The van der Waals surface area contributed by atoms with E-state index in [4.69, 9.17) is 5.73 Å². The first kappa shape index (κ1) is 12.5. The van der Waals surface area contributed by atoms with Crippen molar-refractivity contribution in [3.8, 4) is 0 Å². The molecule has 0 aliphatic rings. The normalized spacial score (nSPS) is 8.40. The van der Waals surface area contributed by atoms with Gasteiger partial charge in [0.05, 0.1) is 0 Å². The summed E-state index contributed by atoms with van der Waals surface area (Å²) < 4.78 is 0. The lowest BCUT2D eigenvalue weighted by Gasteiger charge is -1.92. The van der Waals surface area contributed by atoms with Crippen LogP contribution in [-0.4, -0.2) is 33.7 Å². The molecule has 3 nitrogen and oxygen atoms in total. The maximum atomic E-state index is 5.03. The fraction of sp³-hybridized carbons (Fsp3) is 1.00. The van der Waals surface area contributed by atoms with Crippen molar-refractivity contribution in [3.05, 3.63) is 0 Å². The van der Waals surface area contributed by atoms with Crippen LogP contribution in [-0.2, 0) is 0 Å². The minimum atomic E-state index is 0.819. The molecular weight excluding hydrogens is 126 g/mol. The van der Waals surface area contributed by atoms with E-state index in [0.29, 0.717) is 0 Å². The van der Waals surface area contributed by atoms with E-state index in [2.05, 4.69) is 17.6 Å². The topological polar surface area (TPSA) is 50.1 Å².